The number of aryl methyl sites for hydroxylation is 1. The molecule has 0 bridgehead atoms. The molecule has 0 spiro atoms. The maximum Gasteiger partial charge on any atom is 0.161 e. The van der Waals surface area contributed by atoms with Crippen molar-refractivity contribution in [3.8, 4) is 11.5 Å². The first-order valence-electron chi connectivity index (χ1n) is 7.46. The fourth-order valence-corrected chi connectivity index (χ4v) is 3.60. The lowest BCUT2D eigenvalue weighted by Crippen LogP contribution is -2.23. The van der Waals surface area contributed by atoms with Crippen LogP contribution in [-0.4, -0.2) is 19.8 Å². The highest BCUT2D eigenvalue weighted by Gasteiger charge is 2.20. The van der Waals surface area contributed by atoms with Gasteiger partial charge < -0.3 is 14.8 Å². The van der Waals surface area contributed by atoms with Gasteiger partial charge in [-0.2, -0.15) is 0 Å². The lowest BCUT2D eigenvalue weighted by atomic mass is 10.0. The molecule has 1 aliphatic rings. The SMILES string of the molecule is CCCNC(c1ccc2c(c1)OCCO2)c1sccc1C. The molecule has 0 radical (unpaired) electrons. The fraction of sp³-hybridized carbons (Fsp3) is 0.412. The van der Waals surface area contributed by atoms with Crippen LogP contribution in [0.5, 0.6) is 11.5 Å². The highest BCUT2D eigenvalue weighted by molar-refractivity contribution is 7.10. The van der Waals surface area contributed by atoms with Crippen LogP contribution in [0.4, 0.5) is 0 Å². The molecule has 0 fully saturated rings. The average Bonchev–Trinajstić information content (AvgIpc) is 2.94. The van der Waals surface area contributed by atoms with Gasteiger partial charge in [0.1, 0.15) is 13.2 Å². The molecule has 1 aromatic carbocycles. The minimum atomic E-state index is 0.223. The molecule has 1 aliphatic heterocycles. The Bertz CT molecular complexity index is 609. The van der Waals surface area contributed by atoms with Crippen LogP contribution in [-0.2, 0) is 0 Å². The van der Waals surface area contributed by atoms with Gasteiger partial charge in [-0.25, -0.2) is 0 Å². The molecule has 21 heavy (non-hydrogen) atoms. The van der Waals surface area contributed by atoms with Crippen molar-refractivity contribution < 1.29 is 9.47 Å². The van der Waals surface area contributed by atoms with Gasteiger partial charge in [-0.3, -0.25) is 0 Å². The molecule has 112 valence electrons. The van der Waals surface area contributed by atoms with Crippen LogP contribution < -0.4 is 14.8 Å². The van der Waals surface area contributed by atoms with Gasteiger partial charge in [0.15, 0.2) is 11.5 Å². The van der Waals surface area contributed by atoms with Crippen LogP contribution in [0.25, 0.3) is 0 Å². The van der Waals surface area contributed by atoms with Crippen molar-refractivity contribution in [3.63, 3.8) is 0 Å². The third-order valence-electron chi connectivity index (χ3n) is 3.66. The average molecular weight is 303 g/mol. The summed E-state index contributed by atoms with van der Waals surface area (Å²) in [6.45, 7) is 6.62. The van der Waals surface area contributed by atoms with E-state index >= 15 is 0 Å². The molecular weight excluding hydrogens is 282 g/mol. The van der Waals surface area contributed by atoms with E-state index in [-0.39, 0.29) is 6.04 Å². The number of hydrogen-bond acceptors (Lipinski definition) is 4. The Hall–Kier alpha value is -1.52. The van der Waals surface area contributed by atoms with Crippen LogP contribution in [0, 0.1) is 6.92 Å². The van der Waals surface area contributed by atoms with Crippen molar-refractivity contribution in [1.82, 2.24) is 5.32 Å². The van der Waals surface area contributed by atoms with Crippen molar-refractivity contribution in [3.05, 3.63) is 45.6 Å². The zero-order chi connectivity index (χ0) is 14.7. The van der Waals surface area contributed by atoms with E-state index in [0.717, 1.165) is 24.5 Å². The van der Waals surface area contributed by atoms with Gasteiger partial charge in [-0.1, -0.05) is 13.0 Å². The van der Waals surface area contributed by atoms with Crippen LogP contribution in [0.3, 0.4) is 0 Å². The summed E-state index contributed by atoms with van der Waals surface area (Å²) in [6.07, 6.45) is 1.12. The van der Waals surface area contributed by atoms with E-state index in [1.165, 1.54) is 16.0 Å². The first kappa shape index (κ1) is 14.4. The van der Waals surface area contributed by atoms with E-state index in [1.807, 2.05) is 6.07 Å². The second-order valence-corrected chi connectivity index (χ2v) is 6.21. The molecular formula is C17H21NO2S. The Kier molecular flexibility index (Phi) is 4.46. The third-order valence-corrected chi connectivity index (χ3v) is 4.75. The molecule has 0 saturated carbocycles. The van der Waals surface area contributed by atoms with Crippen LogP contribution >= 0.6 is 11.3 Å². The Balaban J connectivity index is 1.94. The number of nitrogens with one attached hydrogen (secondary N) is 1. The lowest BCUT2D eigenvalue weighted by molar-refractivity contribution is 0.171. The van der Waals surface area contributed by atoms with E-state index in [9.17, 15) is 0 Å². The number of ether oxygens (including phenoxy) is 2. The summed E-state index contributed by atoms with van der Waals surface area (Å²) < 4.78 is 11.3. The summed E-state index contributed by atoms with van der Waals surface area (Å²) in [5.74, 6) is 1.71. The third kappa shape index (κ3) is 3.06. The minimum Gasteiger partial charge on any atom is -0.486 e. The van der Waals surface area contributed by atoms with Crippen molar-refractivity contribution in [2.24, 2.45) is 0 Å². The molecule has 3 nitrogen and oxygen atoms in total. The number of rotatable bonds is 5. The molecule has 4 heteroatoms. The summed E-state index contributed by atoms with van der Waals surface area (Å²) in [7, 11) is 0. The zero-order valence-corrected chi connectivity index (χ0v) is 13.3. The Morgan fingerprint density at radius 3 is 2.71 bits per heavy atom. The number of fused-ring (bicyclic) bond motifs is 1. The molecule has 2 aromatic rings. The monoisotopic (exact) mass is 303 g/mol. The van der Waals surface area contributed by atoms with Crippen molar-refractivity contribution >= 4 is 11.3 Å². The van der Waals surface area contributed by atoms with Crippen LogP contribution in [0.15, 0.2) is 29.6 Å². The molecule has 0 saturated heterocycles. The van der Waals surface area contributed by atoms with Gasteiger partial charge in [0.25, 0.3) is 0 Å². The topological polar surface area (TPSA) is 30.5 Å². The molecule has 1 aromatic heterocycles. The maximum atomic E-state index is 5.72. The van der Waals surface area contributed by atoms with Gasteiger partial charge in [-0.15, -0.1) is 11.3 Å². The van der Waals surface area contributed by atoms with Gasteiger partial charge in [0.05, 0.1) is 6.04 Å². The Morgan fingerprint density at radius 1 is 1.19 bits per heavy atom. The van der Waals surface area contributed by atoms with Crippen molar-refractivity contribution in [1.29, 1.82) is 0 Å². The second-order valence-electron chi connectivity index (χ2n) is 5.26. The fourth-order valence-electron chi connectivity index (χ4n) is 2.57. The highest BCUT2D eigenvalue weighted by atomic mass is 32.1. The van der Waals surface area contributed by atoms with E-state index in [4.69, 9.17) is 9.47 Å². The lowest BCUT2D eigenvalue weighted by Gasteiger charge is -2.23. The standard InChI is InChI=1S/C17H21NO2S/c1-3-7-18-16(17-12(2)6-10-21-17)13-4-5-14-15(11-13)20-9-8-19-14/h4-6,10-11,16,18H,3,7-9H2,1-2H3. The number of benzene rings is 1. The summed E-state index contributed by atoms with van der Waals surface area (Å²) in [6, 6.07) is 8.67. The molecule has 3 rings (SSSR count). The Morgan fingerprint density at radius 2 is 2.00 bits per heavy atom. The molecule has 2 heterocycles. The second kappa shape index (κ2) is 6.50. The Labute approximate surface area is 129 Å². The van der Waals surface area contributed by atoms with Crippen LogP contribution in [0.2, 0.25) is 0 Å². The molecule has 1 atom stereocenters. The molecule has 1 unspecified atom stereocenters. The van der Waals surface area contributed by atoms with E-state index < -0.39 is 0 Å². The summed E-state index contributed by atoms with van der Waals surface area (Å²) in [5, 5.41) is 5.81. The normalized spacial score (nSPS) is 15.0. The van der Waals surface area contributed by atoms with Crippen molar-refractivity contribution in [2.45, 2.75) is 26.3 Å². The zero-order valence-electron chi connectivity index (χ0n) is 12.5. The molecule has 0 aliphatic carbocycles. The first-order valence-corrected chi connectivity index (χ1v) is 8.34. The quantitative estimate of drug-likeness (QED) is 0.908. The summed E-state index contributed by atoms with van der Waals surface area (Å²) in [4.78, 5) is 1.38. The maximum absolute atomic E-state index is 5.72. The number of thiophene rings is 1. The molecule has 0 amide bonds. The summed E-state index contributed by atoms with van der Waals surface area (Å²) >= 11 is 1.81. The smallest absolute Gasteiger partial charge is 0.161 e. The summed E-state index contributed by atoms with van der Waals surface area (Å²) in [5.41, 5.74) is 2.57. The van der Waals surface area contributed by atoms with E-state index in [2.05, 4.69) is 42.7 Å². The van der Waals surface area contributed by atoms with Crippen LogP contribution in [0.1, 0.15) is 35.4 Å². The highest BCUT2D eigenvalue weighted by Crippen LogP contribution is 2.36. The largest absolute Gasteiger partial charge is 0.486 e. The van der Waals surface area contributed by atoms with Gasteiger partial charge >= 0.3 is 0 Å². The predicted octanol–water partition coefficient (Wildman–Crippen LogP) is 3.92. The van der Waals surface area contributed by atoms with E-state index in [1.54, 1.807) is 11.3 Å². The molecule has 1 N–H and O–H groups in total. The van der Waals surface area contributed by atoms with Gasteiger partial charge in [-0.05, 0) is 54.6 Å². The van der Waals surface area contributed by atoms with E-state index in [0.29, 0.717) is 13.2 Å². The van der Waals surface area contributed by atoms with Gasteiger partial charge in [0, 0.05) is 4.88 Å². The number of hydrogen-bond donors (Lipinski definition) is 1. The van der Waals surface area contributed by atoms with Crippen molar-refractivity contribution in [2.75, 3.05) is 19.8 Å². The minimum absolute atomic E-state index is 0.223. The van der Waals surface area contributed by atoms with Gasteiger partial charge in [0.2, 0.25) is 0 Å². The first-order chi connectivity index (χ1) is 10.3. The predicted molar refractivity (Wildman–Crippen MR) is 86.6 cm³/mol.